The first-order chi connectivity index (χ1) is 7.29. The lowest BCUT2D eigenvalue weighted by atomic mass is 9.90. The van der Waals surface area contributed by atoms with Gasteiger partial charge in [-0.25, -0.2) is 4.63 Å². The molecule has 0 spiro atoms. The van der Waals surface area contributed by atoms with Crippen LogP contribution in [0, 0.1) is 0 Å². The van der Waals surface area contributed by atoms with Crippen LogP contribution in [-0.4, -0.2) is 21.9 Å². The zero-order chi connectivity index (χ0) is 10.4. The summed E-state index contributed by atoms with van der Waals surface area (Å²) in [7, 11) is 0. The summed E-state index contributed by atoms with van der Waals surface area (Å²) in [6, 6.07) is 6.57. The van der Waals surface area contributed by atoms with Crippen LogP contribution in [0.3, 0.4) is 0 Å². The van der Waals surface area contributed by atoms with Crippen molar-refractivity contribution < 1.29 is 14.2 Å². The largest absolute Gasteiger partial charge is 0.287 e. The normalized spacial score (nSPS) is 13.6. The maximum atomic E-state index is 11.8. The van der Waals surface area contributed by atoms with Gasteiger partial charge >= 0.3 is 0 Å². The van der Waals surface area contributed by atoms with E-state index in [0.29, 0.717) is 11.1 Å². The van der Waals surface area contributed by atoms with Crippen LogP contribution in [0.1, 0.15) is 32.1 Å². The van der Waals surface area contributed by atoms with Gasteiger partial charge < -0.3 is 0 Å². The molecule has 72 valence electrons. The minimum absolute atomic E-state index is 0.00120. The number of hydrogen-bond donors (Lipinski definition) is 0. The highest BCUT2D eigenvalue weighted by molar-refractivity contribution is 6.26. The number of carbonyl (C=O) groups excluding carboxylic acids is 2. The Labute approximate surface area is 83.7 Å². The summed E-state index contributed by atoms with van der Waals surface area (Å²) < 4.78 is 4.40. The van der Waals surface area contributed by atoms with Crippen molar-refractivity contribution in [3.05, 3.63) is 46.8 Å². The molecule has 1 aromatic heterocycles. The fourth-order valence-corrected chi connectivity index (χ4v) is 1.62. The second-order valence-corrected chi connectivity index (χ2v) is 3.17. The number of rotatable bonds is 0. The predicted molar refractivity (Wildman–Crippen MR) is 47.6 cm³/mol. The van der Waals surface area contributed by atoms with Crippen molar-refractivity contribution in [1.82, 2.24) is 10.3 Å². The fraction of sp³-hybridized carbons (Fsp3) is 0. The Hall–Kier alpha value is -2.30. The van der Waals surface area contributed by atoms with Gasteiger partial charge in [0.2, 0.25) is 11.6 Å². The van der Waals surface area contributed by atoms with Gasteiger partial charge in [-0.1, -0.05) is 24.3 Å². The summed E-state index contributed by atoms with van der Waals surface area (Å²) in [6.07, 6.45) is 0. The standard InChI is InChI=1S/C10H4N2O3/c13-9-5-3-1-2-4-6(5)10(14)8-7(9)11-15-12-8/h1-4H. The summed E-state index contributed by atoms with van der Waals surface area (Å²) in [5.74, 6) is -0.636. The lowest BCUT2D eigenvalue weighted by Gasteiger charge is -2.09. The number of aromatic nitrogens is 2. The smallest absolute Gasteiger partial charge is 0.218 e. The van der Waals surface area contributed by atoms with Crippen LogP contribution in [0.5, 0.6) is 0 Å². The molecule has 0 N–H and O–H groups in total. The zero-order valence-corrected chi connectivity index (χ0v) is 7.43. The van der Waals surface area contributed by atoms with Crippen molar-refractivity contribution in [2.75, 3.05) is 0 Å². The van der Waals surface area contributed by atoms with E-state index in [-0.39, 0.29) is 23.0 Å². The first-order valence-electron chi connectivity index (χ1n) is 4.30. The average Bonchev–Trinajstić information content (AvgIpc) is 2.75. The number of ketones is 2. The lowest BCUT2D eigenvalue weighted by molar-refractivity contribution is 0.0974. The van der Waals surface area contributed by atoms with Crippen molar-refractivity contribution in [2.24, 2.45) is 0 Å². The second-order valence-electron chi connectivity index (χ2n) is 3.17. The monoisotopic (exact) mass is 200 g/mol. The van der Waals surface area contributed by atoms with Crippen molar-refractivity contribution in [1.29, 1.82) is 0 Å². The molecule has 0 radical (unpaired) electrons. The van der Waals surface area contributed by atoms with E-state index in [9.17, 15) is 9.59 Å². The maximum absolute atomic E-state index is 11.8. The molecule has 1 heterocycles. The zero-order valence-electron chi connectivity index (χ0n) is 7.43. The van der Waals surface area contributed by atoms with Crippen LogP contribution in [0.2, 0.25) is 0 Å². The average molecular weight is 200 g/mol. The molecule has 2 aromatic rings. The van der Waals surface area contributed by atoms with Crippen molar-refractivity contribution in [2.45, 2.75) is 0 Å². The maximum Gasteiger partial charge on any atom is 0.218 e. The van der Waals surface area contributed by atoms with Crippen molar-refractivity contribution in [3.63, 3.8) is 0 Å². The highest BCUT2D eigenvalue weighted by atomic mass is 16.6. The summed E-state index contributed by atoms with van der Waals surface area (Å²) in [5.41, 5.74) is 0.703. The van der Waals surface area contributed by atoms with Crippen LogP contribution < -0.4 is 0 Å². The number of fused-ring (bicyclic) bond motifs is 2. The Morgan fingerprint density at radius 3 is 1.80 bits per heavy atom. The minimum Gasteiger partial charge on any atom is -0.287 e. The number of carbonyl (C=O) groups is 2. The van der Waals surface area contributed by atoms with Crippen LogP contribution in [-0.2, 0) is 0 Å². The van der Waals surface area contributed by atoms with Crippen LogP contribution in [0.4, 0.5) is 0 Å². The number of nitrogens with zero attached hydrogens (tertiary/aromatic N) is 2. The molecule has 0 saturated carbocycles. The molecule has 0 fully saturated rings. The quantitative estimate of drug-likeness (QED) is 0.537. The molecule has 15 heavy (non-hydrogen) atoms. The van der Waals surface area contributed by atoms with E-state index in [0.717, 1.165) is 0 Å². The number of benzene rings is 1. The van der Waals surface area contributed by atoms with E-state index in [4.69, 9.17) is 0 Å². The van der Waals surface area contributed by atoms with E-state index in [1.165, 1.54) is 0 Å². The Balaban J connectivity index is 2.36. The third kappa shape index (κ3) is 0.914. The molecule has 5 heteroatoms. The Morgan fingerprint density at radius 1 is 0.867 bits per heavy atom. The van der Waals surface area contributed by atoms with Crippen LogP contribution in [0.25, 0.3) is 0 Å². The Bertz CT molecular complexity index is 536. The summed E-state index contributed by atoms with van der Waals surface area (Å²) >= 11 is 0. The van der Waals surface area contributed by atoms with Crippen molar-refractivity contribution >= 4 is 11.6 Å². The molecule has 0 saturated heterocycles. The molecule has 5 nitrogen and oxygen atoms in total. The van der Waals surface area contributed by atoms with Crippen LogP contribution in [0.15, 0.2) is 28.9 Å². The van der Waals surface area contributed by atoms with E-state index in [1.807, 2.05) is 0 Å². The van der Waals surface area contributed by atoms with E-state index in [1.54, 1.807) is 24.3 Å². The Kier molecular flexibility index (Phi) is 1.39. The van der Waals surface area contributed by atoms with Gasteiger partial charge in [-0.2, -0.15) is 0 Å². The van der Waals surface area contributed by atoms with Crippen molar-refractivity contribution in [3.8, 4) is 0 Å². The summed E-state index contributed by atoms with van der Waals surface area (Å²) in [6.45, 7) is 0. The predicted octanol–water partition coefficient (Wildman–Crippen LogP) is 0.845. The highest BCUT2D eigenvalue weighted by Gasteiger charge is 2.34. The highest BCUT2D eigenvalue weighted by Crippen LogP contribution is 2.24. The molecule has 0 atom stereocenters. The van der Waals surface area contributed by atoms with Gasteiger partial charge in [-0.15, -0.1) is 0 Å². The van der Waals surface area contributed by atoms with Gasteiger partial charge in [0.1, 0.15) is 0 Å². The van der Waals surface area contributed by atoms with E-state index >= 15 is 0 Å². The lowest BCUT2D eigenvalue weighted by Crippen LogP contribution is -2.20. The third-order valence-corrected chi connectivity index (χ3v) is 2.33. The molecule has 1 aliphatic carbocycles. The first kappa shape index (κ1) is 8.05. The molecule has 1 aromatic carbocycles. The summed E-state index contributed by atoms with van der Waals surface area (Å²) in [4.78, 5) is 23.6. The first-order valence-corrected chi connectivity index (χ1v) is 4.30. The van der Waals surface area contributed by atoms with Gasteiger partial charge in [0, 0.05) is 11.1 Å². The topological polar surface area (TPSA) is 73.1 Å². The summed E-state index contributed by atoms with van der Waals surface area (Å²) in [5, 5.41) is 6.86. The van der Waals surface area contributed by atoms with Gasteiger partial charge in [-0.3, -0.25) is 9.59 Å². The van der Waals surface area contributed by atoms with E-state index in [2.05, 4.69) is 14.9 Å². The second kappa shape index (κ2) is 2.60. The van der Waals surface area contributed by atoms with Gasteiger partial charge in [-0.05, 0) is 10.3 Å². The molecular formula is C10H4N2O3. The molecule has 0 unspecified atom stereocenters. The van der Waals surface area contributed by atoms with Gasteiger partial charge in [0.15, 0.2) is 11.4 Å². The SMILES string of the molecule is O=C1c2ccccc2C(=O)c2nonc21. The van der Waals surface area contributed by atoms with Crippen LogP contribution >= 0.6 is 0 Å². The number of hydrogen-bond acceptors (Lipinski definition) is 5. The molecular weight excluding hydrogens is 196 g/mol. The molecule has 1 aliphatic rings. The molecule has 3 rings (SSSR count). The molecule has 0 bridgehead atoms. The third-order valence-electron chi connectivity index (χ3n) is 2.33. The van der Waals surface area contributed by atoms with Gasteiger partial charge in [0.05, 0.1) is 0 Å². The van der Waals surface area contributed by atoms with Gasteiger partial charge in [0.25, 0.3) is 0 Å². The Morgan fingerprint density at radius 2 is 1.33 bits per heavy atom. The molecule has 0 amide bonds. The fourth-order valence-electron chi connectivity index (χ4n) is 1.62. The minimum atomic E-state index is -0.318. The van der Waals surface area contributed by atoms with E-state index < -0.39 is 0 Å². The molecule has 0 aliphatic heterocycles.